The Hall–Kier alpha value is -4.13. The number of carbonyl (C=O) groups excluding carboxylic acids is 2. The molecule has 5 rings (SSSR count). The van der Waals surface area contributed by atoms with Crippen LogP contribution in [0.3, 0.4) is 0 Å². The highest BCUT2D eigenvalue weighted by atomic mass is 35.5. The molecule has 0 atom stereocenters. The minimum atomic E-state index is -0.0673. The predicted molar refractivity (Wildman–Crippen MR) is 166 cm³/mol. The average molecular weight is 568 g/mol. The Morgan fingerprint density at radius 1 is 0.854 bits per heavy atom. The molecular formula is C34H34ClN3O3. The molecule has 1 saturated heterocycles. The van der Waals surface area contributed by atoms with Crippen molar-refractivity contribution in [3.8, 4) is 5.75 Å². The van der Waals surface area contributed by atoms with E-state index in [0.29, 0.717) is 43.3 Å². The van der Waals surface area contributed by atoms with Crippen molar-refractivity contribution in [2.45, 2.75) is 0 Å². The topological polar surface area (TPSA) is 53.1 Å². The highest BCUT2D eigenvalue weighted by Crippen LogP contribution is 2.20. The fourth-order valence-corrected chi connectivity index (χ4v) is 5.32. The molecule has 1 heterocycles. The smallest absolute Gasteiger partial charge is 0.254 e. The second-order valence-corrected chi connectivity index (χ2v) is 10.5. The first-order valence-electron chi connectivity index (χ1n) is 13.9. The van der Waals surface area contributed by atoms with E-state index in [0.717, 1.165) is 40.7 Å². The lowest BCUT2D eigenvalue weighted by atomic mass is 10.1. The molecular weight excluding hydrogens is 534 g/mol. The van der Waals surface area contributed by atoms with E-state index >= 15 is 0 Å². The minimum absolute atomic E-state index is 0.0645. The van der Waals surface area contributed by atoms with Crippen LogP contribution in [0, 0.1) is 0 Å². The van der Waals surface area contributed by atoms with Gasteiger partial charge in [-0.2, -0.15) is 0 Å². The van der Waals surface area contributed by atoms with Crippen LogP contribution in [0.1, 0.15) is 26.3 Å². The lowest BCUT2D eigenvalue weighted by molar-refractivity contribution is 0.0610. The molecule has 0 aromatic heterocycles. The number of ether oxygens (including phenoxy) is 1. The number of hydrogen-bond acceptors (Lipinski definition) is 4. The SMILES string of the molecule is COc1ccccc1/C=C/CN(CCN1CCN(C(=O)c2ccc3ccccc3c2)CC1)C(=O)c1cccc(Cl)c1. The summed E-state index contributed by atoms with van der Waals surface area (Å²) in [5.41, 5.74) is 2.24. The molecule has 0 unspecified atom stereocenters. The zero-order valence-electron chi connectivity index (χ0n) is 23.2. The largest absolute Gasteiger partial charge is 0.496 e. The van der Waals surface area contributed by atoms with Crippen LogP contribution in [0.2, 0.25) is 5.02 Å². The van der Waals surface area contributed by atoms with Gasteiger partial charge in [-0.3, -0.25) is 14.5 Å². The maximum atomic E-state index is 13.5. The van der Waals surface area contributed by atoms with Gasteiger partial charge >= 0.3 is 0 Å². The van der Waals surface area contributed by atoms with Gasteiger partial charge < -0.3 is 14.5 Å². The summed E-state index contributed by atoms with van der Waals surface area (Å²) in [6.45, 7) is 4.55. The van der Waals surface area contributed by atoms with Crippen LogP contribution in [0.15, 0.2) is 97.1 Å². The fourth-order valence-electron chi connectivity index (χ4n) is 5.13. The fraction of sp³-hybridized carbons (Fsp3) is 0.235. The number of para-hydroxylation sites is 1. The van der Waals surface area contributed by atoms with Gasteiger partial charge in [-0.1, -0.05) is 78.4 Å². The highest BCUT2D eigenvalue weighted by molar-refractivity contribution is 6.31. The van der Waals surface area contributed by atoms with Gasteiger partial charge in [-0.25, -0.2) is 0 Å². The Morgan fingerprint density at radius 3 is 2.39 bits per heavy atom. The summed E-state index contributed by atoms with van der Waals surface area (Å²) >= 11 is 6.18. The number of halogens is 1. The first-order chi connectivity index (χ1) is 20.0. The Kier molecular flexibility index (Phi) is 9.34. The number of piperazine rings is 1. The second kappa shape index (κ2) is 13.5. The van der Waals surface area contributed by atoms with Crippen LogP contribution >= 0.6 is 11.6 Å². The van der Waals surface area contributed by atoms with Gasteiger partial charge in [0.25, 0.3) is 11.8 Å². The number of methoxy groups -OCH3 is 1. The highest BCUT2D eigenvalue weighted by Gasteiger charge is 2.23. The molecule has 1 aliphatic rings. The normalized spacial score (nSPS) is 14.0. The second-order valence-electron chi connectivity index (χ2n) is 10.1. The molecule has 0 aliphatic carbocycles. The van der Waals surface area contributed by atoms with Gasteiger partial charge in [-0.15, -0.1) is 0 Å². The van der Waals surface area contributed by atoms with E-state index in [1.54, 1.807) is 31.4 Å². The molecule has 0 radical (unpaired) electrons. The van der Waals surface area contributed by atoms with Crippen LogP contribution < -0.4 is 4.74 Å². The third-order valence-corrected chi connectivity index (χ3v) is 7.70. The monoisotopic (exact) mass is 567 g/mol. The van der Waals surface area contributed by atoms with E-state index in [9.17, 15) is 9.59 Å². The third-order valence-electron chi connectivity index (χ3n) is 7.46. The molecule has 0 saturated carbocycles. The standard InChI is InChI=1S/C34H34ClN3O3/c1-41-32-14-5-4-9-27(32)12-7-17-37(33(39)29-11-6-13-31(35)25-29)21-18-36-19-22-38(23-20-36)34(40)30-16-15-26-8-2-3-10-28(26)24-30/h2-16,24-25H,17-23H2,1H3/b12-7+. The molecule has 0 spiro atoms. The summed E-state index contributed by atoms with van der Waals surface area (Å²) in [7, 11) is 1.65. The van der Waals surface area contributed by atoms with E-state index in [1.165, 1.54) is 0 Å². The third kappa shape index (κ3) is 7.15. The summed E-state index contributed by atoms with van der Waals surface area (Å²) in [4.78, 5) is 32.7. The molecule has 0 N–H and O–H groups in total. The number of fused-ring (bicyclic) bond motifs is 1. The van der Waals surface area contributed by atoms with E-state index in [1.807, 2.05) is 82.6 Å². The molecule has 4 aromatic rings. The molecule has 1 aliphatic heterocycles. The van der Waals surface area contributed by atoms with Crippen LogP contribution in [-0.4, -0.2) is 79.4 Å². The van der Waals surface area contributed by atoms with Crippen molar-refractivity contribution >= 4 is 40.3 Å². The van der Waals surface area contributed by atoms with Crippen molar-refractivity contribution in [2.24, 2.45) is 0 Å². The van der Waals surface area contributed by atoms with Gasteiger partial charge in [0, 0.05) is 67.5 Å². The number of nitrogens with zero attached hydrogens (tertiary/aromatic N) is 3. The maximum Gasteiger partial charge on any atom is 0.254 e. The van der Waals surface area contributed by atoms with Gasteiger partial charge in [0.2, 0.25) is 0 Å². The first kappa shape index (κ1) is 28.4. The predicted octanol–water partition coefficient (Wildman–Crippen LogP) is 6.12. The van der Waals surface area contributed by atoms with Crippen molar-refractivity contribution in [1.82, 2.24) is 14.7 Å². The Bertz CT molecular complexity index is 1550. The maximum absolute atomic E-state index is 13.5. The van der Waals surface area contributed by atoms with Crippen molar-refractivity contribution in [1.29, 1.82) is 0 Å². The number of hydrogen-bond donors (Lipinski definition) is 0. The van der Waals surface area contributed by atoms with Crippen molar-refractivity contribution < 1.29 is 14.3 Å². The number of carbonyl (C=O) groups is 2. The zero-order chi connectivity index (χ0) is 28.6. The van der Waals surface area contributed by atoms with Crippen LogP contribution in [-0.2, 0) is 0 Å². The Labute approximate surface area is 246 Å². The Morgan fingerprint density at radius 2 is 1.61 bits per heavy atom. The lowest BCUT2D eigenvalue weighted by Crippen LogP contribution is -2.50. The molecule has 210 valence electrons. The molecule has 41 heavy (non-hydrogen) atoms. The summed E-state index contributed by atoms with van der Waals surface area (Å²) in [5, 5.41) is 2.73. The summed E-state index contributed by atoms with van der Waals surface area (Å²) in [5.74, 6) is 0.782. The van der Waals surface area contributed by atoms with E-state index < -0.39 is 0 Å². The van der Waals surface area contributed by atoms with Crippen LogP contribution in [0.5, 0.6) is 5.75 Å². The van der Waals surface area contributed by atoms with Crippen LogP contribution in [0.4, 0.5) is 0 Å². The number of benzene rings is 4. The van der Waals surface area contributed by atoms with Crippen molar-refractivity contribution in [3.63, 3.8) is 0 Å². The zero-order valence-corrected chi connectivity index (χ0v) is 24.0. The van der Waals surface area contributed by atoms with Crippen molar-refractivity contribution in [3.05, 3.63) is 119 Å². The van der Waals surface area contributed by atoms with Gasteiger partial charge in [0.1, 0.15) is 5.75 Å². The lowest BCUT2D eigenvalue weighted by Gasteiger charge is -2.36. The van der Waals surface area contributed by atoms with Crippen molar-refractivity contribution in [2.75, 3.05) is 52.9 Å². The number of rotatable bonds is 9. The first-order valence-corrected chi connectivity index (χ1v) is 14.2. The summed E-state index contributed by atoms with van der Waals surface area (Å²) in [6.07, 6.45) is 3.97. The number of amides is 2. The minimum Gasteiger partial charge on any atom is -0.496 e. The van der Waals surface area contributed by atoms with E-state index in [2.05, 4.69) is 11.0 Å². The average Bonchev–Trinajstić information content (AvgIpc) is 3.02. The molecule has 6 nitrogen and oxygen atoms in total. The van der Waals surface area contributed by atoms with E-state index in [4.69, 9.17) is 16.3 Å². The quantitative estimate of drug-likeness (QED) is 0.245. The Balaban J connectivity index is 1.20. The van der Waals surface area contributed by atoms with Gasteiger partial charge in [0.05, 0.1) is 7.11 Å². The van der Waals surface area contributed by atoms with Gasteiger partial charge in [-0.05, 0) is 47.2 Å². The molecule has 0 bridgehead atoms. The molecule has 2 amide bonds. The summed E-state index contributed by atoms with van der Waals surface area (Å²) in [6, 6.07) is 28.8. The van der Waals surface area contributed by atoms with Crippen LogP contribution in [0.25, 0.3) is 16.8 Å². The molecule has 1 fully saturated rings. The van der Waals surface area contributed by atoms with Gasteiger partial charge in [0.15, 0.2) is 0 Å². The molecule has 4 aromatic carbocycles. The molecule has 7 heteroatoms. The van der Waals surface area contributed by atoms with E-state index in [-0.39, 0.29) is 11.8 Å². The summed E-state index contributed by atoms with van der Waals surface area (Å²) < 4.78 is 5.45.